The van der Waals surface area contributed by atoms with Gasteiger partial charge in [0.2, 0.25) is 0 Å². The van der Waals surface area contributed by atoms with Gasteiger partial charge >= 0.3 is 12.1 Å². The van der Waals surface area contributed by atoms with E-state index in [1.807, 2.05) is 36.4 Å². The molecule has 0 saturated heterocycles. The Hall–Kier alpha value is -3.67. The number of nitrogens with one attached hydrogen (secondary N) is 1. The number of carbonyl (C=O) groups is 2. The Balaban J connectivity index is 1.49. The molecule has 1 unspecified atom stereocenters. The van der Waals surface area contributed by atoms with Crippen LogP contribution in [0.3, 0.4) is 0 Å². The van der Waals surface area contributed by atoms with Gasteiger partial charge in [-0.25, -0.2) is 9.59 Å². The topological polar surface area (TPSA) is 88.5 Å². The molecule has 1 aliphatic rings. The first kappa shape index (κ1) is 17.7. The first-order chi connectivity index (χ1) is 13.6. The van der Waals surface area contributed by atoms with Crippen LogP contribution in [0.1, 0.15) is 28.7 Å². The third-order valence-electron chi connectivity index (χ3n) is 4.87. The fraction of sp³-hybridized carbons (Fsp3) is 0.136. The number of alkyl carbamates (subject to hydrolysis) is 1. The summed E-state index contributed by atoms with van der Waals surface area (Å²) in [5.74, 6) is -1.26. The predicted molar refractivity (Wildman–Crippen MR) is 103 cm³/mol. The van der Waals surface area contributed by atoms with Gasteiger partial charge < -0.3 is 15.2 Å². The number of fused-ring (bicyclic) bond motifs is 3. The summed E-state index contributed by atoms with van der Waals surface area (Å²) in [5, 5.41) is 11.8. The SMILES string of the molecule is O=C(NC(C(=O)O)c1cccnc1)OCC1c2ccccc2-c2ccccc21. The van der Waals surface area contributed by atoms with Crippen molar-refractivity contribution in [2.45, 2.75) is 12.0 Å². The summed E-state index contributed by atoms with van der Waals surface area (Å²) in [4.78, 5) is 27.7. The van der Waals surface area contributed by atoms with Crippen molar-refractivity contribution in [2.24, 2.45) is 0 Å². The average molecular weight is 374 g/mol. The molecule has 0 radical (unpaired) electrons. The standard InChI is InChI=1S/C22H18N2O4/c25-21(26)20(14-6-5-11-23-12-14)24-22(27)28-13-19-17-9-3-1-7-15(17)16-8-2-4-10-18(16)19/h1-12,19-20H,13H2,(H,24,27)(H,25,26). The van der Waals surface area contributed by atoms with Gasteiger partial charge in [0.25, 0.3) is 0 Å². The molecule has 0 fully saturated rings. The zero-order valence-corrected chi connectivity index (χ0v) is 14.9. The monoisotopic (exact) mass is 374 g/mol. The van der Waals surface area contributed by atoms with Gasteiger partial charge in [-0.3, -0.25) is 4.98 Å². The van der Waals surface area contributed by atoms with Gasteiger partial charge in [-0.2, -0.15) is 0 Å². The number of nitrogens with zero attached hydrogens (tertiary/aromatic N) is 1. The van der Waals surface area contributed by atoms with Crippen LogP contribution in [0.25, 0.3) is 11.1 Å². The number of hydrogen-bond acceptors (Lipinski definition) is 4. The molecule has 28 heavy (non-hydrogen) atoms. The Labute approximate surface area is 161 Å². The maximum absolute atomic E-state index is 12.3. The lowest BCUT2D eigenvalue weighted by Gasteiger charge is -2.17. The van der Waals surface area contributed by atoms with Crippen LogP contribution < -0.4 is 5.32 Å². The molecular weight excluding hydrogens is 356 g/mol. The van der Waals surface area contributed by atoms with Gasteiger partial charge in [0.1, 0.15) is 6.61 Å². The molecule has 0 bridgehead atoms. The molecule has 6 heteroatoms. The summed E-state index contributed by atoms with van der Waals surface area (Å²) < 4.78 is 5.41. The summed E-state index contributed by atoms with van der Waals surface area (Å²) in [7, 11) is 0. The van der Waals surface area contributed by atoms with Crippen molar-refractivity contribution in [3.05, 3.63) is 89.7 Å². The van der Waals surface area contributed by atoms with Crippen molar-refractivity contribution >= 4 is 12.1 Å². The molecule has 0 aliphatic heterocycles. The molecular formula is C22H18N2O4. The lowest BCUT2D eigenvalue weighted by molar-refractivity contribution is -0.139. The maximum Gasteiger partial charge on any atom is 0.408 e. The van der Waals surface area contributed by atoms with Crippen LogP contribution in [0.4, 0.5) is 4.79 Å². The number of hydrogen-bond donors (Lipinski definition) is 2. The van der Waals surface area contributed by atoms with Gasteiger partial charge in [-0.05, 0) is 28.3 Å². The molecule has 4 rings (SSSR count). The lowest BCUT2D eigenvalue weighted by Crippen LogP contribution is -2.34. The molecule has 1 aliphatic carbocycles. The van der Waals surface area contributed by atoms with Crippen LogP contribution >= 0.6 is 0 Å². The highest BCUT2D eigenvalue weighted by Gasteiger charge is 2.30. The number of rotatable bonds is 5. The van der Waals surface area contributed by atoms with E-state index < -0.39 is 18.1 Å². The van der Waals surface area contributed by atoms with E-state index in [-0.39, 0.29) is 12.5 Å². The summed E-state index contributed by atoms with van der Waals surface area (Å²) in [6.07, 6.45) is 2.16. The van der Waals surface area contributed by atoms with Crippen LogP contribution in [0.5, 0.6) is 0 Å². The molecule has 0 saturated carbocycles. The number of carboxylic acids is 1. The van der Waals surface area contributed by atoms with Crippen LogP contribution in [-0.2, 0) is 9.53 Å². The van der Waals surface area contributed by atoms with Gasteiger partial charge in [0.05, 0.1) is 0 Å². The number of pyridine rings is 1. The van der Waals surface area contributed by atoms with Crippen molar-refractivity contribution in [2.75, 3.05) is 6.61 Å². The molecule has 1 aromatic heterocycles. The molecule has 1 amide bonds. The molecule has 3 aromatic rings. The van der Waals surface area contributed by atoms with E-state index in [0.29, 0.717) is 5.56 Å². The minimum Gasteiger partial charge on any atom is -0.479 e. The molecule has 1 atom stereocenters. The molecule has 2 aromatic carbocycles. The Morgan fingerprint density at radius 1 is 1.00 bits per heavy atom. The minimum absolute atomic E-state index is 0.0835. The first-order valence-corrected chi connectivity index (χ1v) is 8.89. The Bertz CT molecular complexity index is 974. The fourth-order valence-electron chi connectivity index (χ4n) is 3.59. The number of benzene rings is 2. The summed E-state index contributed by atoms with van der Waals surface area (Å²) in [6.45, 7) is 0.124. The third-order valence-corrected chi connectivity index (χ3v) is 4.87. The average Bonchev–Trinajstić information content (AvgIpc) is 3.05. The highest BCUT2D eigenvalue weighted by molar-refractivity contribution is 5.82. The smallest absolute Gasteiger partial charge is 0.408 e. The number of aliphatic carboxylic acids is 1. The summed E-state index contributed by atoms with van der Waals surface area (Å²) >= 11 is 0. The minimum atomic E-state index is -1.22. The van der Waals surface area contributed by atoms with E-state index in [1.54, 1.807) is 12.1 Å². The number of carbonyl (C=O) groups excluding carboxylic acids is 1. The van der Waals surface area contributed by atoms with Gasteiger partial charge in [0.15, 0.2) is 6.04 Å². The van der Waals surface area contributed by atoms with E-state index >= 15 is 0 Å². The fourth-order valence-corrected chi connectivity index (χ4v) is 3.59. The van der Waals surface area contributed by atoms with E-state index in [2.05, 4.69) is 22.4 Å². The molecule has 0 spiro atoms. The highest BCUT2D eigenvalue weighted by Crippen LogP contribution is 2.44. The molecule has 2 N–H and O–H groups in total. The molecule has 6 nitrogen and oxygen atoms in total. The van der Waals surface area contributed by atoms with Gasteiger partial charge in [-0.15, -0.1) is 0 Å². The zero-order valence-electron chi connectivity index (χ0n) is 14.9. The first-order valence-electron chi connectivity index (χ1n) is 8.89. The lowest BCUT2D eigenvalue weighted by atomic mass is 9.98. The Kier molecular flexibility index (Phi) is 4.76. The van der Waals surface area contributed by atoms with Crippen LogP contribution in [0.15, 0.2) is 73.1 Å². The largest absolute Gasteiger partial charge is 0.479 e. The highest BCUT2D eigenvalue weighted by atomic mass is 16.5. The quantitative estimate of drug-likeness (QED) is 0.710. The second kappa shape index (κ2) is 7.52. The van der Waals surface area contributed by atoms with E-state index in [4.69, 9.17) is 4.74 Å². The second-order valence-electron chi connectivity index (χ2n) is 6.53. The maximum atomic E-state index is 12.3. The summed E-state index contributed by atoms with van der Waals surface area (Å²) in [5.41, 5.74) is 4.83. The van der Waals surface area contributed by atoms with Crippen molar-refractivity contribution in [1.29, 1.82) is 0 Å². The van der Waals surface area contributed by atoms with Crippen LogP contribution in [0.2, 0.25) is 0 Å². The second-order valence-corrected chi connectivity index (χ2v) is 6.53. The van der Waals surface area contributed by atoms with Crippen LogP contribution in [0, 0.1) is 0 Å². The van der Waals surface area contributed by atoms with E-state index in [9.17, 15) is 14.7 Å². The zero-order chi connectivity index (χ0) is 19.5. The molecule has 140 valence electrons. The van der Waals surface area contributed by atoms with Crippen LogP contribution in [-0.4, -0.2) is 28.8 Å². The van der Waals surface area contributed by atoms with Crippen molar-refractivity contribution in [1.82, 2.24) is 10.3 Å². The van der Waals surface area contributed by atoms with Crippen molar-refractivity contribution in [3.63, 3.8) is 0 Å². The number of carboxylic acid groups (broad SMARTS) is 1. The number of amides is 1. The van der Waals surface area contributed by atoms with Crippen molar-refractivity contribution < 1.29 is 19.4 Å². The number of aromatic nitrogens is 1. The Morgan fingerprint density at radius 3 is 2.21 bits per heavy atom. The Morgan fingerprint density at radius 2 is 1.64 bits per heavy atom. The normalized spacial score (nSPS) is 13.3. The predicted octanol–water partition coefficient (Wildman–Crippen LogP) is 3.75. The van der Waals surface area contributed by atoms with Gasteiger partial charge in [0, 0.05) is 23.9 Å². The summed E-state index contributed by atoms with van der Waals surface area (Å²) in [6, 6.07) is 18.0. The molecule has 1 heterocycles. The van der Waals surface area contributed by atoms with Gasteiger partial charge in [-0.1, -0.05) is 54.6 Å². The number of ether oxygens (including phenoxy) is 1. The van der Waals surface area contributed by atoms with E-state index in [0.717, 1.165) is 22.3 Å². The third kappa shape index (κ3) is 3.32. The van der Waals surface area contributed by atoms with Crippen molar-refractivity contribution in [3.8, 4) is 11.1 Å². The van der Waals surface area contributed by atoms with E-state index in [1.165, 1.54) is 12.4 Å².